The maximum atomic E-state index is 11.6. The van der Waals surface area contributed by atoms with Crippen molar-refractivity contribution in [3.8, 4) is 0 Å². The average molecular weight is 240 g/mol. The van der Waals surface area contributed by atoms with Crippen molar-refractivity contribution in [1.82, 2.24) is 10.2 Å². The fraction of sp³-hybridized carbons (Fsp3) is 0.923. The van der Waals surface area contributed by atoms with Gasteiger partial charge in [0, 0.05) is 18.6 Å². The standard InChI is InChI=1S/C13H24N2O2/c1-9(2)15-7-6-10-4-5-11(13(16)17-3)14-12(10)8-15/h9-12,14H,4-8H2,1-3H3/t10-,11?,12+/m1/s1. The summed E-state index contributed by atoms with van der Waals surface area (Å²) in [6, 6.07) is 0.966. The first-order valence-corrected chi connectivity index (χ1v) is 6.69. The van der Waals surface area contributed by atoms with Crippen molar-refractivity contribution in [3.05, 3.63) is 0 Å². The summed E-state index contributed by atoms with van der Waals surface area (Å²) in [7, 11) is 1.47. The summed E-state index contributed by atoms with van der Waals surface area (Å²) in [5, 5.41) is 3.47. The van der Waals surface area contributed by atoms with Crippen LogP contribution < -0.4 is 5.32 Å². The third-order valence-corrected chi connectivity index (χ3v) is 4.24. The van der Waals surface area contributed by atoms with Crippen LogP contribution in [0.15, 0.2) is 0 Å². The van der Waals surface area contributed by atoms with Gasteiger partial charge in [-0.3, -0.25) is 9.69 Å². The zero-order valence-electron chi connectivity index (χ0n) is 11.1. The van der Waals surface area contributed by atoms with Gasteiger partial charge in [-0.25, -0.2) is 0 Å². The first-order chi connectivity index (χ1) is 8.11. The number of piperidine rings is 2. The Morgan fingerprint density at radius 3 is 2.76 bits per heavy atom. The molecule has 3 atom stereocenters. The number of nitrogens with one attached hydrogen (secondary N) is 1. The molecule has 0 spiro atoms. The zero-order valence-corrected chi connectivity index (χ0v) is 11.1. The van der Waals surface area contributed by atoms with E-state index >= 15 is 0 Å². The molecule has 0 aromatic carbocycles. The molecule has 17 heavy (non-hydrogen) atoms. The van der Waals surface area contributed by atoms with E-state index in [0.717, 1.165) is 25.3 Å². The van der Waals surface area contributed by atoms with E-state index in [1.54, 1.807) is 0 Å². The molecule has 0 saturated carbocycles. The molecule has 2 fully saturated rings. The number of carbonyl (C=O) groups is 1. The molecule has 4 nitrogen and oxygen atoms in total. The van der Waals surface area contributed by atoms with Gasteiger partial charge in [0.25, 0.3) is 0 Å². The monoisotopic (exact) mass is 240 g/mol. The van der Waals surface area contributed by atoms with E-state index in [0.29, 0.717) is 12.1 Å². The maximum absolute atomic E-state index is 11.6. The zero-order chi connectivity index (χ0) is 12.4. The number of likely N-dealkylation sites (tertiary alicyclic amines) is 1. The lowest BCUT2D eigenvalue weighted by Gasteiger charge is -2.45. The Labute approximate surface area is 104 Å². The van der Waals surface area contributed by atoms with E-state index in [-0.39, 0.29) is 12.0 Å². The highest BCUT2D eigenvalue weighted by Gasteiger charge is 2.37. The van der Waals surface area contributed by atoms with Crippen LogP contribution in [0.4, 0.5) is 0 Å². The Bertz CT molecular complexity index is 281. The minimum Gasteiger partial charge on any atom is -0.468 e. The number of rotatable bonds is 2. The van der Waals surface area contributed by atoms with Crippen molar-refractivity contribution >= 4 is 5.97 Å². The summed E-state index contributed by atoms with van der Waals surface area (Å²) >= 11 is 0. The van der Waals surface area contributed by atoms with Crippen molar-refractivity contribution in [2.45, 2.75) is 51.2 Å². The van der Waals surface area contributed by atoms with Gasteiger partial charge < -0.3 is 10.1 Å². The Balaban J connectivity index is 1.94. The Morgan fingerprint density at radius 2 is 2.12 bits per heavy atom. The molecule has 2 aliphatic heterocycles. The van der Waals surface area contributed by atoms with Gasteiger partial charge in [-0.1, -0.05) is 0 Å². The van der Waals surface area contributed by atoms with E-state index in [1.807, 2.05) is 0 Å². The second-order valence-corrected chi connectivity index (χ2v) is 5.56. The van der Waals surface area contributed by atoms with Crippen LogP contribution in [0, 0.1) is 5.92 Å². The average Bonchev–Trinajstić information content (AvgIpc) is 2.36. The lowest BCUT2D eigenvalue weighted by molar-refractivity contribution is -0.144. The molecule has 1 N–H and O–H groups in total. The van der Waals surface area contributed by atoms with Crippen molar-refractivity contribution in [1.29, 1.82) is 0 Å². The lowest BCUT2D eigenvalue weighted by Crippen LogP contribution is -2.59. The molecule has 2 rings (SSSR count). The molecule has 0 amide bonds. The van der Waals surface area contributed by atoms with Crippen LogP contribution >= 0.6 is 0 Å². The molecule has 2 aliphatic rings. The normalized spacial score (nSPS) is 34.5. The van der Waals surface area contributed by atoms with Crippen LogP contribution in [0.2, 0.25) is 0 Å². The highest BCUT2D eigenvalue weighted by Crippen LogP contribution is 2.28. The first kappa shape index (κ1) is 12.8. The molecule has 98 valence electrons. The van der Waals surface area contributed by atoms with Gasteiger partial charge in [-0.2, -0.15) is 0 Å². The Kier molecular flexibility index (Phi) is 4.05. The molecule has 2 heterocycles. The van der Waals surface area contributed by atoms with Crippen LogP contribution in [0.3, 0.4) is 0 Å². The molecule has 0 radical (unpaired) electrons. The molecule has 4 heteroatoms. The second kappa shape index (κ2) is 5.36. The van der Waals surface area contributed by atoms with E-state index in [9.17, 15) is 4.79 Å². The van der Waals surface area contributed by atoms with Crippen molar-refractivity contribution < 1.29 is 9.53 Å². The largest absolute Gasteiger partial charge is 0.468 e. The van der Waals surface area contributed by atoms with Gasteiger partial charge in [0.2, 0.25) is 0 Å². The minimum atomic E-state index is -0.106. The topological polar surface area (TPSA) is 41.6 Å². The Morgan fingerprint density at radius 1 is 1.35 bits per heavy atom. The molecular formula is C13H24N2O2. The Hall–Kier alpha value is -0.610. The number of hydrogen-bond acceptors (Lipinski definition) is 4. The third-order valence-electron chi connectivity index (χ3n) is 4.24. The first-order valence-electron chi connectivity index (χ1n) is 6.69. The van der Waals surface area contributed by atoms with E-state index in [1.165, 1.54) is 20.1 Å². The highest BCUT2D eigenvalue weighted by atomic mass is 16.5. The number of hydrogen-bond donors (Lipinski definition) is 1. The smallest absolute Gasteiger partial charge is 0.322 e. The predicted molar refractivity (Wildman–Crippen MR) is 66.8 cm³/mol. The molecular weight excluding hydrogens is 216 g/mol. The van der Waals surface area contributed by atoms with Gasteiger partial charge in [-0.15, -0.1) is 0 Å². The molecule has 2 saturated heterocycles. The van der Waals surface area contributed by atoms with Gasteiger partial charge in [-0.05, 0) is 45.6 Å². The summed E-state index contributed by atoms with van der Waals surface area (Å²) in [5.74, 6) is 0.635. The maximum Gasteiger partial charge on any atom is 0.322 e. The SMILES string of the molecule is COC(=O)C1CC[C@@H]2CCN(C(C)C)C[C@@H]2N1. The second-order valence-electron chi connectivity index (χ2n) is 5.56. The fourth-order valence-electron chi connectivity index (χ4n) is 3.08. The summed E-state index contributed by atoms with van der Waals surface area (Å²) in [4.78, 5) is 14.1. The molecule has 0 aromatic rings. The quantitative estimate of drug-likeness (QED) is 0.732. The molecule has 0 bridgehead atoms. The number of esters is 1. The molecule has 0 aromatic heterocycles. The van der Waals surface area contributed by atoms with Crippen LogP contribution in [0.1, 0.15) is 33.1 Å². The summed E-state index contributed by atoms with van der Waals surface area (Å²) in [6.07, 6.45) is 3.34. The minimum absolute atomic E-state index is 0.0895. The number of carbonyl (C=O) groups excluding carboxylic acids is 1. The highest BCUT2D eigenvalue weighted by molar-refractivity contribution is 5.75. The van der Waals surface area contributed by atoms with Crippen molar-refractivity contribution in [2.75, 3.05) is 20.2 Å². The van der Waals surface area contributed by atoms with Crippen LogP contribution in [0.25, 0.3) is 0 Å². The summed E-state index contributed by atoms with van der Waals surface area (Å²) in [6.45, 7) is 6.74. The number of ether oxygens (including phenoxy) is 1. The van der Waals surface area contributed by atoms with Gasteiger partial charge in [0.15, 0.2) is 0 Å². The van der Waals surface area contributed by atoms with Gasteiger partial charge >= 0.3 is 5.97 Å². The molecule has 0 aliphatic carbocycles. The van der Waals surface area contributed by atoms with Crippen LogP contribution in [0.5, 0.6) is 0 Å². The summed E-state index contributed by atoms with van der Waals surface area (Å²) < 4.78 is 4.83. The number of nitrogens with zero attached hydrogens (tertiary/aromatic N) is 1. The third kappa shape index (κ3) is 2.80. The van der Waals surface area contributed by atoms with E-state index in [2.05, 4.69) is 24.1 Å². The predicted octanol–water partition coefficient (Wildman–Crippen LogP) is 1.01. The van der Waals surface area contributed by atoms with Crippen molar-refractivity contribution in [3.63, 3.8) is 0 Å². The van der Waals surface area contributed by atoms with Crippen LogP contribution in [-0.4, -0.2) is 49.2 Å². The fourth-order valence-corrected chi connectivity index (χ4v) is 3.08. The van der Waals surface area contributed by atoms with E-state index in [4.69, 9.17) is 4.74 Å². The number of fused-ring (bicyclic) bond motifs is 1. The number of methoxy groups -OCH3 is 1. The summed E-state index contributed by atoms with van der Waals surface area (Å²) in [5.41, 5.74) is 0. The van der Waals surface area contributed by atoms with E-state index < -0.39 is 0 Å². The lowest BCUT2D eigenvalue weighted by atomic mass is 9.82. The molecule has 1 unspecified atom stereocenters. The van der Waals surface area contributed by atoms with Crippen molar-refractivity contribution in [2.24, 2.45) is 5.92 Å². The van der Waals surface area contributed by atoms with Crippen LogP contribution in [-0.2, 0) is 9.53 Å². The van der Waals surface area contributed by atoms with Gasteiger partial charge in [0.05, 0.1) is 7.11 Å². The van der Waals surface area contributed by atoms with Gasteiger partial charge in [0.1, 0.15) is 6.04 Å².